The van der Waals surface area contributed by atoms with Crippen molar-refractivity contribution in [1.82, 2.24) is 9.97 Å². The van der Waals surface area contributed by atoms with Gasteiger partial charge in [0.2, 0.25) is 11.6 Å². The van der Waals surface area contributed by atoms with Gasteiger partial charge >= 0.3 is 5.69 Å². The molecule has 2 rings (SSSR count). The number of nitrogens with one attached hydrogen (secondary N) is 1. The number of hydrogen-bond donors (Lipinski definition) is 1. The fraction of sp³-hybridized carbons (Fsp3) is 0.692. The molecule has 0 spiro atoms. The van der Waals surface area contributed by atoms with E-state index in [1.807, 2.05) is 11.8 Å². The quantitative estimate of drug-likeness (QED) is 0.581. The standard InChI is InChI=1S/C13H21N5O2/c1-3-7-17(8-10-5-6-10)13-11(18(19)20)12(14-4-2)15-9-16-13/h9-10H,3-8H2,1-2H3,(H,14,15,16). The van der Waals surface area contributed by atoms with Crippen molar-refractivity contribution in [3.8, 4) is 0 Å². The molecule has 7 nitrogen and oxygen atoms in total. The van der Waals surface area contributed by atoms with E-state index >= 15 is 0 Å². The minimum atomic E-state index is -0.386. The van der Waals surface area contributed by atoms with Gasteiger partial charge in [0.1, 0.15) is 6.33 Å². The molecule has 0 atom stereocenters. The van der Waals surface area contributed by atoms with Crippen LogP contribution in [-0.2, 0) is 0 Å². The largest absolute Gasteiger partial charge is 0.364 e. The molecule has 20 heavy (non-hydrogen) atoms. The highest BCUT2D eigenvalue weighted by Crippen LogP contribution is 2.36. The molecule has 0 amide bonds. The van der Waals surface area contributed by atoms with Gasteiger partial charge in [0.15, 0.2) is 0 Å². The van der Waals surface area contributed by atoms with Crippen LogP contribution in [0.15, 0.2) is 6.33 Å². The minimum Gasteiger partial charge on any atom is -0.364 e. The summed E-state index contributed by atoms with van der Waals surface area (Å²) in [6.45, 7) is 6.17. The van der Waals surface area contributed by atoms with Crippen LogP contribution in [0.1, 0.15) is 33.1 Å². The van der Waals surface area contributed by atoms with E-state index < -0.39 is 0 Å². The van der Waals surface area contributed by atoms with Gasteiger partial charge in [-0.3, -0.25) is 10.1 Å². The summed E-state index contributed by atoms with van der Waals surface area (Å²) in [5.41, 5.74) is -0.0107. The molecule has 1 heterocycles. The molecular formula is C13H21N5O2. The maximum absolute atomic E-state index is 11.4. The molecule has 1 aromatic heterocycles. The van der Waals surface area contributed by atoms with Crippen molar-refractivity contribution in [3.05, 3.63) is 16.4 Å². The molecule has 1 aliphatic carbocycles. The first kappa shape index (κ1) is 14.5. The summed E-state index contributed by atoms with van der Waals surface area (Å²) in [5.74, 6) is 1.40. The molecule has 1 saturated carbocycles. The Morgan fingerprint density at radius 3 is 2.75 bits per heavy atom. The second-order valence-electron chi connectivity index (χ2n) is 5.07. The Kier molecular flexibility index (Phi) is 4.70. The Hall–Kier alpha value is -1.92. The summed E-state index contributed by atoms with van der Waals surface area (Å²) < 4.78 is 0. The third-order valence-corrected chi connectivity index (χ3v) is 3.30. The topological polar surface area (TPSA) is 84.2 Å². The maximum atomic E-state index is 11.4. The summed E-state index contributed by atoms with van der Waals surface area (Å²) in [6, 6.07) is 0. The van der Waals surface area contributed by atoms with Crippen molar-refractivity contribution in [1.29, 1.82) is 0 Å². The Bertz CT molecular complexity index is 476. The molecule has 0 unspecified atom stereocenters. The van der Waals surface area contributed by atoms with Crippen LogP contribution in [0.2, 0.25) is 0 Å². The fourth-order valence-corrected chi connectivity index (χ4v) is 2.23. The molecule has 1 aliphatic rings. The monoisotopic (exact) mass is 279 g/mol. The zero-order chi connectivity index (χ0) is 14.5. The van der Waals surface area contributed by atoms with Crippen LogP contribution in [0.3, 0.4) is 0 Å². The maximum Gasteiger partial charge on any atom is 0.353 e. The van der Waals surface area contributed by atoms with Crippen LogP contribution in [0.4, 0.5) is 17.3 Å². The van der Waals surface area contributed by atoms with Crippen molar-refractivity contribution in [2.45, 2.75) is 33.1 Å². The van der Waals surface area contributed by atoms with Crippen LogP contribution < -0.4 is 10.2 Å². The first-order chi connectivity index (χ1) is 9.67. The molecule has 1 aromatic rings. The highest BCUT2D eigenvalue weighted by Gasteiger charge is 2.30. The molecule has 7 heteroatoms. The number of nitrogens with zero attached hydrogens (tertiary/aromatic N) is 4. The average molecular weight is 279 g/mol. The lowest BCUT2D eigenvalue weighted by Crippen LogP contribution is -2.28. The molecule has 0 radical (unpaired) electrons. The highest BCUT2D eigenvalue weighted by molar-refractivity contribution is 5.70. The first-order valence-electron chi connectivity index (χ1n) is 7.15. The second kappa shape index (κ2) is 6.49. The SMILES string of the molecule is CCCN(CC1CC1)c1ncnc(NCC)c1[N+](=O)[O-]. The molecule has 0 aromatic carbocycles. The Morgan fingerprint density at radius 2 is 2.20 bits per heavy atom. The van der Waals surface area contributed by atoms with E-state index in [1.54, 1.807) is 0 Å². The van der Waals surface area contributed by atoms with E-state index in [-0.39, 0.29) is 10.6 Å². The van der Waals surface area contributed by atoms with Crippen molar-refractivity contribution in [2.75, 3.05) is 29.9 Å². The van der Waals surface area contributed by atoms with E-state index in [0.29, 0.717) is 24.1 Å². The lowest BCUT2D eigenvalue weighted by Gasteiger charge is -2.23. The zero-order valence-electron chi connectivity index (χ0n) is 12.0. The second-order valence-corrected chi connectivity index (χ2v) is 5.07. The smallest absolute Gasteiger partial charge is 0.353 e. The van der Waals surface area contributed by atoms with Crippen molar-refractivity contribution < 1.29 is 4.92 Å². The molecular weight excluding hydrogens is 258 g/mol. The highest BCUT2D eigenvalue weighted by atomic mass is 16.6. The van der Waals surface area contributed by atoms with Gasteiger partial charge < -0.3 is 10.2 Å². The number of aromatic nitrogens is 2. The van der Waals surface area contributed by atoms with Gasteiger partial charge in [-0.15, -0.1) is 0 Å². The number of nitro groups is 1. The molecule has 1 N–H and O–H groups in total. The minimum absolute atomic E-state index is 0.0107. The van der Waals surface area contributed by atoms with Crippen LogP contribution >= 0.6 is 0 Å². The van der Waals surface area contributed by atoms with E-state index in [9.17, 15) is 10.1 Å². The normalized spacial score (nSPS) is 14.1. The Balaban J connectivity index is 2.35. The summed E-state index contributed by atoms with van der Waals surface area (Å²) in [5, 5.41) is 14.3. The van der Waals surface area contributed by atoms with Gasteiger partial charge in [0, 0.05) is 19.6 Å². The van der Waals surface area contributed by atoms with Gasteiger partial charge in [-0.25, -0.2) is 9.97 Å². The molecule has 110 valence electrons. The lowest BCUT2D eigenvalue weighted by atomic mass is 10.3. The van der Waals surface area contributed by atoms with Crippen molar-refractivity contribution in [2.24, 2.45) is 5.92 Å². The van der Waals surface area contributed by atoms with Crippen LogP contribution in [0, 0.1) is 16.0 Å². The number of hydrogen-bond acceptors (Lipinski definition) is 6. The van der Waals surface area contributed by atoms with Gasteiger partial charge in [-0.05, 0) is 32.1 Å². The summed E-state index contributed by atoms with van der Waals surface area (Å²) >= 11 is 0. The van der Waals surface area contributed by atoms with Crippen molar-refractivity contribution in [3.63, 3.8) is 0 Å². The van der Waals surface area contributed by atoms with Crippen molar-refractivity contribution >= 4 is 17.3 Å². The summed E-state index contributed by atoms with van der Waals surface area (Å²) in [7, 11) is 0. The lowest BCUT2D eigenvalue weighted by molar-refractivity contribution is -0.383. The van der Waals surface area contributed by atoms with Gasteiger partial charge in [0.05, 0.1) is 4.92 Å². The average Bonchev–Trinajstić information content (AvgIpc) is 3.22. The van der Waals surface area contributed by atoms with E-state index in [4.69, 9.17) is 0 Å². The van der Waals surface area contributed by atoms with E-state index in [2.05, 4.69) is 22.2 Å². The Labute approximate surface area is 118 Å². The third kappa shape index (κ3) is 3.34. The zero-order valence-corrected chi connectivity index (χ0v) is 12.0. The number of rotatable bonds is 8. The third-order valence-electron chi connectivity index (χ3n) is 3.30. The van der Waals surface area contributed by atoms with Gasteiger partial charge in [-0.2, -0.15) is 0 Å². The summed E-state index contributed by atoms with van der Waals surface area (Å²) in [6.07, 6.45) is 4.75. The molecule has 0 aliphatic heterocycles. The van der Waals surface area contributed by atoms with E-state index in [1.165, 1.54) is 19.2 Å². The summed E-state index contributed by atoms with van der Waals surface area (Å²) in [4.78, 5) is 21.2. The van der Waals surface area contributed by atoms with Crippen LogP contribution in [0.5, 0.6) is 0 Å². The molecule has 0 bridgehead atoms. The van der Waals surface area contributed by atoms with E-state index in [0.717, 1.165) is 19.5 Å². The predicted octanol–water partition coefficient (Wildman–Crippen LogP) is 2.44. The predicted molar refractivity (Wildman–Crippen MR) is 78.1 cm³/mol. The Morgan fingerprint density at radius 1 is 1.45 bits per heavy atom. The number of anilines is 2. The first-order valence-corrected chi connectivity index (χ1v) is 7.15. The van der Waals surface area contributed by atoms with Gasteiger partial charge in [0.25, 0.3) is 0 Å². The fourth-order valence-electron chi connectivity index (χ4n) is 2.23. The van der Waals surface area contributed by atoms with Crippen LogP contribution in [-0.4, -0.2) is 34.5 Å². The van der Waals surface area contributed by atoms with Crippen LogP contribution in [0.25, 0.3) is 0 Å². The van der Waals surface area contributed by atoms with Gasteiger partial charge in [-0.1, -0.05) is 6.92 Å². The molecule has 1 fully saturated rings. The molecule has 0 saturated heterocycles.